The van der Waals surface area contributed by atoms with E-state index in [2.05, 4.69) is 15.3 Å². The van der Waals surface area contributed by atoms with Crippen LogP contribution >= 0.6 is 0 Å². The molecule has 7 heteroatoms. The lowest BCUT2D eigenvalue weighted by Crippen LogP contribution is -2.44. The summed E-state index contributed by atoms with van der Waals surface area (Å²) in [5.41, 5.74) is -0.207. The molecule has 0 bridgehead atoms. The van der Waals surface area contributed by atoms with Gasteiger partial charge in [0.25, 0.3) is 5.91 Å². The second-order valence-corrected chi connectivity index (χ2v) is 6.27. The van der Waals surface area contributed by atoms with Crippen molar-refractivity contribution in [2.24, 2.45) is 0 Å². The van der Waals surface area contributed by atoms with Crippen LogP contribution in [0.2, 0.25) is 0 Å². The lowest BCUT2D eigenvalue weighted by Gasteiger charge is -2.25. The minimum atomic E-state index is -0.533. The van der Waals surface area contributed by atoms with E-state index in [-0.39, 0.29) is 11.9 Å². The minimum absolute atomic E-state index is 0.0398. The zero-order valence-electron chi connectivity index (χ0n) is 13.2. The normalized spacial score (nSPS) is 18.1. The van der Waals surface area contributed by atoms with E-state index in [1.54, 1.807) is 4.90 Å². The van der Waals surface area contributed by atoms with Crippen molar-refractivity contribution in [2.75, 3.05) is 13.1 Å². The van der Waals surface area contributed by atoms with Gasteiger partial charge in [0.15, 0.2) is 0 Å². The van der Waals surface area contributed by atoms with Crippen molar-refractivity contribution in [2.45, 2.75) is 45.3 Å². The Labute approximate surface area is 130 Å². The monoisotopic (exact) mass is 306 g/mol. The lowest BCUT2D eigenvalue weighted by atomic mass is 10.2. The summed E-state index contributed by atoms with van der Waals surface area (Å²) in [6.45, 7) is 6.47. The SMILES string of the molecule is CC(C)(C)OC(=O)NC[C@@H]1CCCN1C(=O)c1cnccn1. The molecule has 1 aliphatic heterocycles. The van der Waals surface area contributed by atoms with Crippen molar-refractivity contribution >= 4 is 12.0 Å². The lowest BCUT2D eigenvalue weighted by molar-refractivity contribution is 0.0501. The van der Waals surface area contributed by atoms with Gasteiger partial charge in [-0.1, -0.05) is 0 Å². The topological polar surface area (TPSA) is 84.4 Å². The van der Waals surface area contributed by atoms with Gasteiger partial charge >= 0.3 is 6.09 Å². The maximum atomic E-state index is 12.4. The Balaban J connectivity index is 1.91. The first-order chi connectivity index (χ1) is 10.4. The quantitative estimate of drug-likeness (QED) is 0.917. The van der Waals surface area contributed by atoms with Crippen LogP contribution in [-0.2, 0) is 4.74 Å². The Morgan fingerprint density at radius 3 is 2.82 bits per heavy atom. The van der Waals surface area contributed by atoms with Crippen molar-refractivity contribution in [3.05, 3.63) is 24.3 Å². The van der Waals surface area contributed by atoms with E-state index in [0.717, 1.165) is 12.8 Å². The molecule has 0 aliphatic carbocycles. The maximum absolute atomic E-state index is 12.4. The van der Waals surface area contributed by atoms with Crippen LogP contribution in [0.25, 0.3) is 0 Å². The largest absolute Gasteiger partial charge is 0.444 e. The van der Waals surface area contributed by atoms with Crippen molar-refractivity contribution in [1.29, 1.82) is 0 Å². The van der Waals surface area contributed by atoms with Crippen LogP contribution in [0.3, 0.4) is 0 Å². The third-order valence-electron chi connectivity index (χ3n) is 3.30. The first-order valence-corrected chi connectivity index (χ1v) is 7.40. The molecule has 1 aromatic heterocycles. The van der Waals surface area contributed by atoms with Gasteiger partial charge in [0, 0.05) is 31.5 Å². The van der Waals surface area contributed by atoms with Gasteiger partial charge in [0.05, 0.1) is 6.20 Å². The number of rotatable bonds is 3. The van der Waals surface area contributed by atoms with E-state index in [9.17, 15) is 9.59 Å². The van der Waals surface area contributed by atoms with E-state index in [0.29, 0.717) is 18.8 Å². The first kappa shape index (κ1) is 16.2. The molecule has 2 amide bonds. The fraction of sp³-hybridized carbons (Fsp3) is 0.600. The number of likely N-dealkylation sites (tertiary alicyclic amines) is 1. The van der Waals surface area contributed by atoms with Crippen molar-refractivity contribution in [3.63, 3.8) is 0 Å². The molecule has 0 spiro atoms. The smallest absolute Gasteiger partial charge is 0.407 e. The van der Waals surface area contributed by atoms with Gasteiger partial charge < -0.3 is 15.0 Å². The Kier molecular flexibility index (Phi) is 4.95. The molecule has 1 N–H and O–H groups in total. The van der Waals surface area contributed by atoms with Crippen LogP contribution in [0.5, 0.6) is 0 Å². The molecule has 0 unspecified atom stereocenters. The maximum Gasteiger partial charge on any atom is 0.407 e. The first-order valence-electron chi connectivity index (χ1n) is 7.40. The molecular weight excluding hydrogens is 284 g/mol. The standard InChI is InChI=1S/C15H22N4O3/c1-15(2,3)22-14(21)18-9-11-5-4-8-19(11)13(20)12-10-16-6-7-17-12/h6-7,10-11H,4-5,8-9H2,1-3H3,(H,18,21)/t11-/m0/s1. The number of carbonyl (C=O) groups excluding carboxylic acids is 2. The summed E-state index contributed by atoms with van der Waals surface area (Å²) in [5, 5.41) is 2.73. The van der Waals surface area contributed by atoms with Crippen LogP contribution < -0.4 is 5.32 Å². The van der Waals surface area contributed by atoms with Crippen molar-refractivity contribution in [3.8, 4) is 0 Å². The van der Waals surface area contributed by atoms with Gasteiger partial charge in [-0.3, -0.25) is 9.78 Å². The number of nitrogens with one attached hydrogen (secondary N) is 1. The Morgan fingerprint density at radius 2 is 2.18 bits per heavy atom. The number of alkyl carbamates (subject to hydrolysis) is 1. The number of nitrogens with zero attached hydrogens (tertiary/aromatic N) is 3. The van der Waals surface area contributed by atoms with Crippen LogP contribution in [0.4, 0.5) is 4.79 Å². The van der Waals surface area contributed by atoms with E-state index in [1.165, 1.54) is 18.6 Å². The zero-order valence-corrected chi connectivity index (χ0v) is 13.2. The second-order valence-electron chi connectivity index (χ2n) is 6.27. The summed E-state index contributed by atoms with van der Waals surface area (Å²) in [7, 11) is 0. The molecule has 2 heterocycles. The summed E-state index contributed by atoms with van der Waals surface area (Å²) in [6.07, 6.45) is 5.78. The van der Waals surface area contributed by atoms with Crippen molar-refractivity contribution in [1.82, 2.24) is 20.2 Å². The van der Waals surface area contributed by atoms with Gasteiger partial charge in [-0.15, -0.1) is 0 Å². The molecule has 7 nitrogen and oxygen atoms in total. The van der Waals surface area contributed by atoms with Crippen LogP contribution in [0, 0.1) is 0 Å². The fourth-order valence-corrected chi connectivity index (χ4v) is 2.39. The van der Waals surface area contributed by atoms with E-state index in [1.807, 2.05) is 20.8 Å². The second kappa shape index (κ2) is 6.72. The highest BCUT2D eigenvalue weighted by atomic mass is 16.6. The number of carbonyl (C=O) groups is 2. The predicted octanol–water partition coefficient (Wildman–Crippen LogP) is 1.61. The summed E-state index contributed by atoms with van der Waals surface area (Å²) < 4.78 is 5.20. The predicted molar refractivity (Wildman–Crippen MR) is 80.3 cm³/mol. The van der Waals surface area contributed by atoms with Crippen molar-refractivity contribution < 1.29 is 14.3 Å². The Bertz CT molecular complexity index is 527. The van der Waals surface area contributed by atoms with Gasteiger partial charge in [-0.25, -0.2) is 9.78 Å². The number of amides is 2. The Morgan fingerprint density at radius 1 is 1.41 bits per heavy atom. The molecule has 1 fully saturated rings. The summed E-state index contributed by atoms with van der Waals surface area (Å²) >= 11 is 0. The number of hydrogen-bond acceptors (Lipinski definition) is 5. The van der Waals surface area contributed by atoms with Gasteiger partial charge in [-0.05, 0) is 33.6 Å². The molecule has 1 atom stereocenters. The molecule has 1 saturated heterocycles. The third kappa shape index (κ3) is 4.41. The average molecular weight is 306 g/mol. The zero-order chi connectivity index (χ0) is 16.2. The number of ether oxygens (including phenoxy) is 1. The van der Waals surface area contributed by atoms with Gasteiger partial charge in [0.2, 0.25) is 0 Å². The summed E-state index contributed by atoms with van der Waals surface area (Å²) in [5.74, 6) is -0.151. The molecule has 0 radical (unpaired) electrons. The molecule has 1 aliphatic rings. The fourth-order valence-electron chi connectivity index (χ4n) is 2.39. The number of hydrogen-bond donors (Lipinski definition) is 1. The van der Waals surface area contributed by atoms with E-state index >= 15 is 0 Å². The molecular formula is C15H22N4O3. The van der Waals surface area contributed by atoms with Crippen LogP contribution in [0.1, 0.15) is 44.1 Å². The van der Waals surface area contributed by atoms with Gasteiger partial charge in [-0.2, -0.15) is 0 Å². The summed E-state index contributed by atoms with van der Waals surface area (Å²) in [6, 6.07) is -0.0398. The average Bonchev–Trinajstić information content (AvgIpc) is 2.92. The molecule has 0 saturated carbocycles. The van der Waals surface area contributed by atoms with Gasteiger partial charge in [0.1, 0.15) is 11.3 Å². The highest BCUT2D eigenvalue weighted by Crippen LogP contribution is 2.19. The highest BCUT2D eigenvalue weighted by Gasteiger charge is 2.30. The summed E-state index contributed by atoms with van der Waals surface area (Å²) in [4.78, 5) is 33.8. The molecule has 1 aromatic rings. The highest BCUT2D eigenvalue weighted by molar-refractivity contribution is 5.92. The van der Waals surface area contributed by atoms with Crippen LogP contribution in [-0.4, -0.2) is 51.6 Å². The molecule has 22 heavy (non-hydrogen) atoms. The molecule has 2 rings (SSSR count). The molecule has 0 aromatic carbocycles. The van der Waals surface area contributed by atoms with Crippen LogP contribution in [0.15, 0.2) is 18.6 Å². The Hall–Kier alpha value is -2.18. The molecule has 120 valence electrons. The number of aromatic nitrogens is 2. The third-order valence-corrected chi connectivity index (χ3v) is 3.30. The van der Waals surface area contributed by atoms with E-state index in [4.69, 9.17) is 4.74 Å². The van der Waals surface area contributed by atoms with E-state index < -0.39 is 11.7 Å². The minimum Gasteiger partial charge on any atom is -0.444 e.